The van der Waals surface area contributed by atoms with Crippen LogP contribution in [0.15, 0.2) is 18.5 Å². The highest BCUT2D eigenvalue weighted by Crippen LogP contribution is 2.37. The SMILES string of the molecule is N#CCC1CCC(n2c(COC(N)=O)nc3cnc4[nH]ccc4c32)CC1. The van der Waals surface area contributed by atoms with Gasteiger partial charge >= 0.3 is 6.09 Å². The number of fused-ring (bicyclic) bond motifs is 3. The van der Waals surface area contributed by atoms with Gasteiger partial charge in [0.2, 0.25) is 0 Å². The second kappa shape index (κ2) is 6.67. The first kappa shape index (κ1) is 16.4. The maximum Gasteiger partial charge on any atom is 0.404 e. The number of pyridine rings is 1. The van der Waals surface area contributed by atoms with Crippen LogP contribution in [-0.4, -0.2) is 25.6 Å². The van der Waals surface area contributed by atoms with Crippen LogP contribution < -0.4 is 5.73 Å². The van der Waals surface area contributed by atoms with Gasteiger partial charge in [-0.3, -0.25) is 0 Å². The third-order valence-corrected chi connectivity index (χ3v) is 5.21. The molecule has 0 unspecified atom stereocenters. The zero-order valence-electron chi connectivity index (χ0n) is 14.3. The predicted octanol–water partition coefficient (Wildman–Crippen LogP) is 3.15. The Hall–Kier alpha value is -3.08. The molecule has 3 N–H and O–H groups in total. The molecule has 1 aliphatic rings. The van der Waals surface area contributed by atoms with E-state index in [2.05, 4.69) is 25.6 Å². The highest BCUT2D eigenvalue weighted by molar-refractivity contribution is 6.01. The minimum atomic E-state index is -0.814. The third-order valence-electron chi connectivity index (χ3n) is 5.21. The largest absolute Gasteiger partial charge is 0.442 e. The van der Waals surface area contributed by atoms with E-state index in [0.717, 1.165) is 47.8 Å². The van der Waals surface area contributed by atoms with E-state index in [9.17, 15) is 4.79 Å². The van der Waals surface area contributed by atoms with E-state index in [0.29, 0.717) is 18.2 Å². The van der Waals surface area contributed by atoms with Crippen molar-refractivity contribution in [3.63, 3.8) is 0 Å². The standard InChI is InChI=1S/C18H20N6O2/c19-7-5-11-1-3-12(4-2-11)24-15(10-26-18(20)25)23-14-9-22-17-13(16(14)24)6-8-21-17/h6,8-9,11-12H,1-5,10H2,(H2,20,25)(H,21,22). The van der Waals surface area contributed by atoms with Gasteiger partial charge in [0, 0.05) is 24.0 Å². The molecule has 0 spiro atoms. The van der Waals surface area contributed by atoms with Crippen molar-refractivity contribution in [2.75, 3.05) is 0 Å². The maximum atomic E-state index is 11.1. The molecule has 134 valence electrons. The lowest BCUT2D eigenvalue weighted by atomic mass is 9.84. The average molecular weight is 352 g/mol. The van der Waals surface area contributed by atoms with Gasteiger partial charge in [-0.2, -0.15) is 5.26 Å². The highest BCUT2D eigenvalue weighted by Gasteiger charge is 2.27. The van der Waals surface area contributed by atoms with Gasteiger partial charge in [0.15, 0.2) is 6.61 Å². The molecule has 3 aromatic heterocycles. The normalized spacial score (nSPS) is 20.3. The molecule has 8 nitrogen and oxygen atoms in total. The number of nitriles is 1. The van der Waals surface area contributed by atoms with E-state index in [1.807, 2.05) is 12.3 Å². The first-order valence-electron chi connectivity index (χ1n) is 8.79. The van der Waals surface area contributed by atoms with Gasteiger partial charge in [-0.05, 0) is 37.7 Å². The topological polar surface area (TPSA) is 123 Å². The molecule has 0 saturated heterocycles. The number of H-pyrrole nitrogens is 1. The minimum absolute atomic E-state index is 0.0358. The van der Waals surface area contributed by atoms with Crippen LogP contribution in [0.4, 0.5) is 4.79 Å². The van der Waals surface area contributed by atoms with Gasteiger partial charge in [-0.25, -0.2) is 14.8 Å². The smallest absolute Gasteiger partial charge is 0.404 e. The summed E-state index contributed by atoms with van der Waals surface area (Å²) < 4.78 is 7.21. The van der Waals surface area contributed by atoms with Crippen molar-refractivity contribution < 1.29 is 9.53 Å². The van der Waals surface area contributed by atoms with Crippen LogP contribution in [-0.2, 0) is 11.3 Å². The van der Waals surface area contributed by atoms with Gasteiger partial charge in [0.05, 0.1) is 17.8 Å². The second-order valence-corrected chi connectivity index (χ2v) is 6.77. The van der Waals surface area contributed by atoms with E-state index in [-0.39, 0.29) is 12.6 Å². The quantitative estimate of drug-likeness (QED) is 0.746. The fraction of sp³-hybridized carbons (Fsp3) is 0.444. The Bertz CT molecular complexity index is 990. The molecule has 1 aliphatic carbocycles. The first-order valence-corrected chi connectivity index (χ1v) is 8.79. The summed E-state index contributed by atoms with van der Waals surface area (Å²) >= 11 is 0. The van der Waals surface area contributed by atoms with Crippen LogP contribution in [0.25, 0.3) is 22.1 Å². The molecule has 1 saturated carbocycles. The van der Waals surface area contributed by atoms with Crippen LogP contribution in [0.1, 0.15) is 44.0 Å². The van der Waals surface area contributed by atoms with Gasteiger partial charge in [-0.15, -0.1) is 0 Å². The third kappa shape index (κ3) is 2.86. The number of nitrogens with two attached hydrogens (primary N) is 1. The Kier molecular flexibility index (Phi) is 4.21. The van der Waals surface area contributed by atoms with Gasteiger partial charge in [0.1, 0.15) is 17.0 Å². The minimum Gasteiger partial charge on any atom is -0.442 e. The molecule has 8 heteroatoms. The van der Waals surface area contributed by atoms with E-state index >= 15 is 0 Å². The van der Waals surface area contributed by atoms with Crippen molar-refractivity contribution in [1.29, 1.82) is 5.26 Å². The van der Waals surface area contributed by atoms with E-state index < -0.39 is 6.09 Å². The fourth-order valence-electron chi connectivity index (χ4n) is 4.01. The Balaban J connectivity index is 1.77. The first-order chi connectivity index (χ1) is 12.7. The summed E-state index contributed by atoms with van der Waals surface area (Å²) in [5, 5.41) is 9.93. The molecule has 3 heterocycles. The number of imidazole rings is 1. The predicted molar refractivity (Wildman–Crippen MR) is 95.0 cm³/mol. The number of amides is 1. The maximum absolute atomic E-state index is 11.1. The number of nitrogens with zero attached hydrogens (tertiary/aromatic N) is 4. The zero-order valence-corrected chi connectivity index (χ0v) is 14.3. The molecule has 3 aromatic rings. The van der Waals surface area contributed by atoms with Crippen molar-refractivity contribution in [1.82, 2.24) is 19.5 Å². The number of hydrogen-bond acceptors (Lipinski definition) is 5. The average Bonchev–Trinajstić information content (AvgIpc) is 3.24. The molecule has 1 amide bonds. The Labute approximate surface area is 150 Å². The molecule has 0 aromatic carbocycles. The van der Waals surface area contributed by atoms with E-state index in [1.165, 1.54) is 0 Å². The van der Waals surface area contributed by atoms with Crippen LogP contribution in [0.3, 0.4) is 0 Å². The lowest BCUT2D eigenvalue weighted by molar-refractivity contribution is 0.144. The van der Waals surface area contributed by atoms with Crippen LogP contribution >= 0.6 is 0 Å². The van der Waals surface area contributed by atoms with Crippen molar-refractivity contribution in [2.24, 2.45) is 11.7 Å². The van der Waals surface area contributed by atoms with Gasteiger partial charge in [-0.1, -0.05) is 0 Å². The lowest BCUT2D eigenvalue weighted by Gasteiger charge is -2.29. The number of carbonyl (C=O) groups excluding carboxylic acids is 1. The van der Waals surface area contributed by atoms with Crippen LogP contribution in [0.5, 0.6) is 0 Å². The molecule has 26 heavy (non-hydrogen) atoms. The molecular formula is C18H20N6O2. The molecule has 4 rings (SSSR count). The van der Waals surface area contributed by atoms with Crippen LogP contribution in [0.2, 0.25) is 0 Å². The van der Waals surface area contributed by atoms with Crippen molar-refractivity contribution in [3.05, 3.63) is 24.3 Å². The van der Waals surface area contributed by atoms with E-state index in [4.69, 9.17) is 15.7 Å². The van der Waals surface area contributed by atoms with Crippen molar-refractivity contribution in [3.8, 4) is 6.07 Å². The zero-order chi connectivity index (χ0) is 18.1. The van der Waals surface area contributed by atoms with Gasteiger partial charge < -0.3 is 20.0 Å². The van der Waals surface area contributed by atoms with Crippen molar-refractivity contribution >= 4 is 28.2 Å². The summed E-state index contributed by atoms with van der Waals surface area (Å²) in [5.74, 6) is 1.14. The highest BCUT2D eigenvalue weighted by atomic mass is 16.5. The summed E-state index contributed by atoms with van der Waals surface area (Å²) in [6.07, 6.45) is 7.35. The van der Waals surface area contributed by atoms with Gasteiger partial charge in [0.25, 0.3) is 0 Å². The van der Waals surface area contributed by atoms with E-state index in [1.54, 1.807) is 6.20 Å². The summed E-state index contributed by atoms with van der Waals surface area (Å²) in [6, 6.07) is 4.52. The Morgan fingerprint density at radius 2 is 2.23 bits per heavy atom. The second-order valence-electron chi connectivity index (χ2n) is 6.77. The number of rotatable bonds is 4. The molecular weight excluding hydrogens is 332 g/mol. The summed E-state index contributed by atoms with van der Waals surface area (Å²) in [5.41, 5.74) is 7.73. The number of aromatic amines is 1. The number of ether oxygens (including phenoxy) is 1. The summed E-state index contributed by atoms with van der Waals surface area (Å²) in [6.45, 7) is 0.0358. The molecule has 0 aliphatic heterocycles. The Morgan fingerprint density at radius 3 is 2.96 bits per heavy atom. The fourth-order valence-corrected chi connectivity index (χ4v) is 4.01. The summed E-state index contributed by atoms with van der Waals surface area (Å²) in [4.78, 5) is 23.3. The lowest BCUT2D eigenvalue weighted by Crippen LogP contribution is -2.21. The molecule has 0 bridgehead atoms. The van der Waals surface area contributed by atoms with Crippen molar-refractivity contribution in [2.45, 2.75) is 44.8 Å². The number of carbonyl (C=O) groups is 1. The Morgan fingerprint density at radius 1 is 1.42 bits per heavy atom. The number of nitrogens with one attached hydrogen (secondary N) is 1. The summed E-state index contributed by atoms with van der Waals surface area (Å²) in [7, 11) is 0. The number of primary amides is 1. The molecule has 1 fully saturated rings. The molecule has 0 atom stereocenters. The number of hydrogen-bond donors (Lipinski definition) is 2. The monoisotopic (exact) mass is 352 g/mol. The molecule has 0 radical (unpaired) electrons. The van der Waals surface area contributed by atoms with Crippen LogP contribution in [0, 0.1) is 17.2 Å². The number of aromatic nitrogens is 4.